The molecular weight excluding hydrogens is 222 g/mol. The minimum Gasteiger partial charge on any atom is -0.388 e. The molecule has 0 bridgehead atoms. The van der Waals surface area contributed by atoms with Crippen molar-refractivity contribution in [3.8, 4) is 0 Å². The molecule has 1 fully saturated rings. The molecule has 1 aliphatic rings. The van der Waals surface area contributed by atoms with Crippen LogP contribution in [0.5, 0.6) is 0 Å². The van der Waals surface area contributed by atoms with Gasteiger partial charge in [-0.15, -0.1) is 0 Å². The van der Waals surface area contributed by atoms with E-state index in [-0.39, 0.29) is 6.10 Å². The summed E-state index contributed by atoms with van der Waals surface area (Å²) < 4.78 is 0. The van der Waals surface area contributed by atoms with Crippen LogP contribution in [0, 0.1) is 0 Å². The van der Waals surface area contributed by atoms with Crippen LogP contribution in [0.4, 0.5) is 5.69 Å². The first-order valence-corrected chi connectivity index (χ1v) is 7.31. The topological polar surface area (TPSA) is 23.5 Å². The Hall–Kier alpha value is -1.02. The molecule has 2 nitrogen and oxygen atoms in total. The first kappa shape index (κ1) is 13.4. The maximum atomic E-state index is 10.2. The summed E-state index contributed by atoms with van der Waals surface area (Å²) in [4.78, 5) is 2.51. The standard InChI is InChI=1S/C16H25NO/c1-3-5-12-17(13-10-11-13)15-9-7-6-8-14(15)16(18)4-2/h6-9,13,16,18H,3-5,10-12H2,1-2H3. The van der Waals surface area contributed by atoms with Crippen molar-refractivity contribution in [2.75, 3.05) is 11.4 Å². The lowest BCUT2D eigenvalue weighted by Crippen LogP contribution is -2.28. The normalized spacial score (nSPS) is 16.6. The van der Waals surface area contributed by atoms with Crippen LogP contribution in [0.25, 0.3) is 0 Å². The lowest BCUT2D eigenvalue weighted by atomic mass is 10.0. The highest BCUT2D eigenvalue weighted by molar-refractivity contribution is 5.56. The Kier molecular flexibility index (Phi) is 4.65. The number of para-hydroxylation sites is 1. The van der Waals surface area contributed by atoms with Gasteiger partial charge in [0.1, 0.15) is 0 Å². The van der Waals surface area contributed by atoms with Crippen molar-refractivity contribution in [3.05, 3.63) is 29.8 Å². The van der Waals surface area contributed by atoms with Crippen LogP contribution < -0.4 is 4.90 Å². The third-order valence-corrected chi connectivity index (χ3v) is 3.73. The summed E-state index contributed by atoms with van der Waals surface area (Å²) in [6.07, 6.45) is 5.52. The predicted molar refractivity (Wildman–Crippen MR) is 77.0 cm³/mol. The van der Waals surface area contributed by atoms with Crippen LogP contribution in [-0.4, -0.2) is 17.7 Å². The third kappa shape index (κ3) is 3.05. The zero-order chi connectivity index (χ0) is 13.0. The van der Waals surface area contributed by atoms with Crippen molar-refractivity contribution in [2.24, 2.45) is 0 Å². The monoisotopic (exact) mass is 247 g/mol. The van der Waals surface area contributed by atoms with E-state index in [2.05, 4.69) is 30.0 Å². The Balaban J connectivity index is 2.22. The molecule has 100 valence electrons. The second-order valence-corrected chi connectivity index (χ2v) is 5.26. The summed E-state index contributed by atoms with van der Waals surface area (Å²) in [5, 5.41) is 10.2. The molecule has 1 aromatic rings. The molecule has 2 rings (SSSR count). The zero-order valence-electron chi connectivity index (χ0n) is 11.6. The van der Waals surface area contributed by atoms with E-state index in [4.69, 9.17) is 0 Å². The lowest BCUT2D eigenvalue weighted by molar-refractivity contribution is 0.174. The summed E-state index contributed by atoms with van der Waals surface area (Å²) >= 11 is 0. The molecule has 0 saturated heterocycles. The Morgan fingerprint density at radius 2 is 2.00 bits per heavy atom. The van der Waals surface area contributed by atoms with Gasteiger partial charge in [-0.3, -0.25) is 0 Å². The van der Waals surface area contributed by atoms with Gasteiger partial charge in [-0.05, 0) is 31.7 Å². The Morgan fingerprint density at radius 1 is 1.28 bits per heavy atom. The molecule has 0 aromatic heterocycles. The highest BCUT2D eigenvalue weighted by atomic mass is 16.3. The number of hydrogen-bond acceptors (Lipinski definition) is 2. The number of nitrogens with zero attached hydrogens (tertiary/aromatic N) is 1. The molecule has 18 heavy (non-hydrogen) atoms. The lowest BCUT2D eigenvalue weighted by Gasteiger charge is -2.28. The number of benzene rings is 1. The van der Waals surface area contributed by atoms with Gasteiger partial charge < -0.3 is 10.0 Å². The second-order valence-electron chi connectivity index (χ2n) is 5.26. The molecule has 0 radical (unpaired) electrons. The van der Waals surface area contributed by atoms with Gasteiger partial charge in [0.25, 0.3) is 0 Å². The number of aliphatic hydroxyl groups is 1. The van der Waals surface area contributed by atoms with Crippen LogP contribution >= 0.6 is 0 Å². The van der Waals surface area contributed by atoms with E-state index < -0.39 is 0 Å². The van der Waals surface area contributed by atoms with Gasteiger partial charge in [0, 0.05) is 23.8 Å². The molecule has 2 heteroatoms. The molecule has 0 aliphatic heterocycles. The number of hydrogen-bond donors (Lipinski definition) is 1. The summed E-state index contributed by atoms with van der Waals surface area (Å²) in [6.45, 7) is 5.39. The largest absolute Gasteiger partial charge is 0.388 e. The SMILES string of the molecule is CCCCN(c1ccccc1C(O)CC)C1CC1. The maximum Gasteiger partial charge on any atom is 0.0807 e. The molecule has 0 heterocycles. The van der Waals surface area contributed by atoms with Crippen molar-refractivity contribution in [1.82, 2.24) is 0 Å². The van der Waals surface area contributed by atoms with Crippen LogP contribution in [0.2, 0.25) is 0 Å². The van der Waals surface area contributed by atoms with Gasteiger partial charge in [-0.25, -0.2) is 0 Å². The molecule has 1 aliphatic carbocycles. The van der Waals surface area contributed by atoms with E-state index in [1.165, 1.54) is 31.4 Å². The summed E-state index contributed by atoms with van der Waals surface area (Å²) in [5.41, 5.74) is 2.35. The first-order valence-electron chi connectivity index (χ1n) is 7.31. The van der Waals surface area contributed by atoms with E-state index >= 15 is 0 Å². The van der Waals surface area contributed by atoms with Crippen molar-refractivity contribution in [1.29, 1.82) is 0 Å². The molecule has 0 spiro atoms. The Bertz CT molecular complexity index is 373. The fourth-order valence-electron chi connectivity index (χ4n) is 2.47. The predicted octanol–water partition coefficient (Wildman–Crippen LogP) is 3.90. The number of unbranched alkanes of at least 4 members (excludes halogenated alkanes) is 1. The summed E-state index contributed by atoms with van der Waals surface area (Å²) in [5.74, 6) is 0. The fraction of sp³-hybridized carbons (Fsp3) is 0.625. The van der Waals surface area contributed by atoms with Crippen LogP contribution in [-0.2, 0) is 0 Å². The van der Waals surface area contributed by atoms with E-state index in [0.717, 1.165) is 18.5 Å². The van der Waals surface area contributed by atoms with E-state index in [1.54, 1.807) is 0 Å². The maximum absolute atomic E-state index is 10.2. The van der Waals surface area contributed by atoms with Crippen LogP contribution in [0.3, 0.4) is 0 Å². The molecule has 1 atom stereocenters. The highest BCUT2D eigenvalue weighted by Gasteiger charge is 2.30. The van der Waals surface area contributed by atoms with Gasteiger partial charge in [0.05, 0.1) is 6.10 Å². The number of anilines is 1. The molecular formula is C16H25NO. The van der Waals surface area contributed by atoms with Crippen molar-refractivity contribution < 1.29 is 5.11 Å². The average Bonchev–Trinajstić information content (AvgIpc) is 3.23. The Labute approximate surface area is 111 Å². The summed E-state index contributed by atoms with van der Waals surface area (Å²) in [6, 6.07) is 9.07. The van der Waals surface area contributed by atoms with Gasteiger partial charge in [0.2, 0.25) is 0 Å². The van der Waals surface area contributed by atoms with Crippen LogP contribution in [0.1, 0.15) is 57.6 Å². The minimum absolute atomic E-state index is 0.330. The molecule has 0 amide bonds. The Morgan fingerprint density at radius 3 is 2.61 bits per heavy atom. The third-order valence-electron chi connectivity index (χ3n) is 3.73. The number of aliphatic hydroxyl groups excluding tert-OH is 1. The number of rotatable bonds is 7. The molecule has 1 saturated carbocycles. The fourth-order valence-corrected chi connectivity index (χ4v) is 2.47. The van der Waals surface area contributed by atoms with E-state index in [0.29, 0.717) is 6.04 Å². The smallest absolute Gasteiger partial charge is 0.0807 e. The quantitative estimate of drug-likeness (QED) is 0.790. The molecule has 1 aromatic carbocycles. The van der Waals surface area contributed by atoms with E-state index in [1.807, 2.05) is 13.0 Å². The van der Waals surface area contributed by atoms with Crippen molar-refractivity contribution in [2.45, 2.75) is 58.1 Å². The minimum atomic E-state index is -0.330. The molecule has 1 unspecified atom stereocenters. The van der Waals surface area contributed by atoms with Gasteiger partial charge >= 0.3 is 0 Å². The first-order chi connectivity index (χ1) is 8.77. The van der Waals surface area contributed by atoms with Gasteiger partial charge in [-0.2, -0.15) is 0 Å². The molecule has 1 N–H and O–H groups in total. The van der Waals surface area contributed by atoms with Gasteiger partial charge in [0.15, 0.2) is 0 Å². The van der Waals surface area contributed by atoms with Crippen molar-refractivity contribution >= 4 is 5.69 Å². The summed E-state index contributed by atoms with van der Waals surface area (Å²) in [7, 11) is 0. The second kappa shape index (κ2) is 6.24. The van der Waals surface area contributed by atoms with E-state index in [9.17, 15) is 5.11 Å². The highest BCUT2D eigenvalue weighted by Crippen LogP contribution is 2.36. The van der Waals surface area contributed by atoms with Gasteiger partial charge in [-0.1, -0.05) is 38.5 Å². The zero-order valence-corrected chi connectivity index (χ0v) is 11.6. The average molecular weight is 247 g/mol. The van der Waals surface area contributed by atoms with Crippen LogP contribution in [0.15, 0.2) is 24.3 Å². The van der Waals surface area contributed by atoms with Crippen molar-refractivity contribution in [3.63, 3.8) is 0 Å².